The molecule has 0 bridgehead atoms. The molecule has 0 aromatic heterocycles. The Morgan fingerprint density at radius 3 is 2.39 bits per heavy atom. The second-order valence-electron chi connectivity index (χ2n) is 8.82. The monoisotopic (exact) mass is 530 g/mol. The quantitative estimate of drug-likeness (QED) is 0.350. The van der Waals surface area contributed by atoms with Gasteiger partial charge in [0.1, 0.15) is 11.5 Å². The van der Waals surface area contributed by atoms with E-state index < -0.39 is 0 Å². The maximum Gasteiger partial charge on any atom is 0.129 e. The van der Waals surface area contributed by atoms with Gasteiger partial charge in [-0.15, -0.1) is 0 Å². The third-order valence-corrected chi connectivity index (χ3v) is 7.94. The molecule has 0 saturated carbocycles. The highest BCUT2D eigenvalue weighted by atomic mass is 127. The molecule has 3 heteroatoms. The molecular formula is C28H35IO2. The summed E-state index contributed by atoms with van der Waals surface area (Å²) >= 11 is 2.29. The van der Waals surface area contributed by atoms with Gasteiger partial charge in [0.25, 0.3) is 0 Å². The van der Waals surface area contributed by atoms with E-state index in [0.29, 0.717) is 23.5 Å². The summed E-state index contributed by atoms with van der Waals surface area (Å²) < 4.78 is 6.70. The lowest BCUT2D eigenvalue weighted by molar-refractivity contribution is 0.398. The summed E-state index contributed by atoms with van der Waals surface area (Å²) in [5, 5.41) is 10.6. The number of hydrogen-bond donors (Lipinski definition) is 1. The zero-order valence-electron chi connectivity index (χ0n) is 19.4. The first kappa shape index (κ1) is 23.9. The number of halogens is 1. The van der Waals surface area contributed by atoms with Crippen molar-refractivity contribution in [2.75, 3.05) is 7.11 Å². The SMILES string of the molecule is CCC(C)C1=C(c2c(OC)ccc(O)c2I)C(C(C)CC)CC(Cc2ccccc2)=C1. The number of rotatable bonds is 8. The van der Waals surface area contributed by atoms with E-state index in [2.05, 4.69) is 86.7 Å². The van der Waals surface area contributed by atoms with E-state index in [1.807, 2.05) is 6.07 Å². The molecule has 31 heavy (non-hydrogen) atoms. The Hall–Kier alpha value is -1.75. The Labute approximate surface area is 201 Å². The molecule has 2 aromatic rings. The van der Waals surface area contributed by atoms with Gasteiger partial charge in [-0.1, -0.05) is 76.1 Å². The highest BCUT2D eigenvalue weighted by Crippen LogP contribution is 2.49. The third kappa shape index (κ3) is 5.19. The van der Waals surface area contributed by atoms with Gasteiger partial charge in [0.05, 0.1) is 10.7 Å². The minimum absolute atomic E-state index is 0.328. The van der Waals surface area contributed by atoms with Gasteiger partial charge in [-0.2, -0.15) is 0 Å². The van der Waals surface area contributed by atoms with Crippen LogP contribution in [0.4, 0.5) is 0 Å². The Morgan fingerprint density at radius 2 is 1.77 bits per heavy atom. The Bertz CT molecular complexity index is 958. The van der Waals surface area contributed by atoms with E-state index in [1.165, 1.54) is 22.3 Å². The van der Waals surface area contributed by atoms with Crippen LogP contribution in [0.1, 0.15) is 58.1 Å². The molecule has 3 unspecified atom stereocenters. The number of ether oxygens (including phenoxy) is 1. The summed E-state index contributed by atoms with van der Waals surface area (Å²) in [6.07, 6.45) is 6.70. The van der Waals surface area contributed by atoms with Crippen LogP contribution in [0.25, 0.3) is 5.57 Å². The molecule has 2 aromatic carbocycles. The number of hydrogen-bond acceptors (Lipinski definition) is 2. The number of aromatic hydroxyl groups is 1. The van der Waals surface area contributed by atoms with Gasteiger partial charge in [0, 0.05) is 5.56 Å². The molecule has 166 valence electrons. The highest BCUT2D eigenvalue weighted by Gasteiger charge is 2.33. The largest absolute Gasteiger partial charge is 0.507 e. The Balaban J connectivity index is 2.24. The summed E-state index contributed by atoms with van der Waals surface area (Å²) in [7, 11) is 1.73. The van der Waals surface area contributed by atoms with Crippen molar-refractivity contribution < 1.29 is 9.84 Å². The molecule has 1 aliphatic carbocycles. The van der Waals surface area contributed by atoms with E-state index in [0.717, 1.165) is 40.6 Å². The molecule has 1 N–H and O–H groups in total. The summed E-state index contributed by atoms with van der Waals surface area (Å²) in [5.41, 5.74) is 6.74. The third-order valence-electron chi connectivity index (χ3n) is 6.84. The minimum Gasteiger partial charge on any atom is -0.507 e. The fourth-order valence-electron chi connectivity index (χ4n) is 4.63. The molecule has 0 amide bonds. The number of phenols is 1. The van der Waals surface area contributed by atoms with Crippen LogP contribution in [0, 0.1) is 21.3 Å². The topological polar surface area (TPSA) is 29.5 Å². The average Bonchev–Trinajstić information content (AvgIpc) is 2.80. The first-order chi connectivity index (χ1) is 14.9. The lowest BCUT2D eigenvalue weighted by Crippen LogP contribution is -2.22. The van der Waals surface area contributed by atoms with Gasteiger partial charge in [0.2, 0.25) is 0 Å². The van der Waals surface area contributed by atoms with Gasteiger partial charge in [-0.05, 0) is 88.4 Å². The molecule has 0 saturated heterocycles. The van der Waals surface area contributed by atoms with Crippen molar-refractivity contribution in [1.82, 2.24) is 0 Å². The van der Waals surface area contributed by atoms with Crippen molar-refractivity contribution in [3.8, 4) is 11.5 Å². The van der Waals surface area contributed by atoms with E-state index >= 15 is 0 Å². The fraction of sp³-hybridized carbons (Fsp3) is 0.429. The van der Waals surface area contributed by atoms with Crippen molar-refractivity contribution in [3.63, 3.8) is 0 Å². The summed E-state index contributed by atoms with van der Waals surface area (Å²) in [5.74, 6) is 2.56. The number of phenolic OH excluding ortho intramolecular Hbond substituents is 1. The lowest BCUT2D eigenvalue weighted by Gasteiger charge is -2.36. The van der Waals surface area contributed by atoms with Crippen molar-refractivity contribution >= 4 is 28.2 Å². The first-order valence-corrected chi connectivity index (χ1v) is 12.5. The minimum atomic E-state index is 0.328. The van der Waals surface area contributed by atoms with Crippen LogP contribution in [-0.4, -0.2) is 12.2 Å². The summed E-state index contributed by atoms with van der Waals surface area (Å²) in [4.78, 5) is 0. The highest BCUT2D eigenvalue weighted by molar-refractivity contribution is 14.1. The van der Waals surface area contributed by atoms with Gasteiger partial charge in [-0.3, -0.25) is 0 Å². The van der Waals surface area contributed by atoms with Crippen LogP contribution in [0.3, 0.4) is 0 Å². The first-order valence-electron chi connectivity index (χ1n) is 11.4. The molecule has 2 nitrogen and oxygen atoms in total. The van der Waals surface area contributed by atoms with Crippen LogP contribution in [0.5, 0.6) is 11.5 Å². The molecule has 0 heterocycles. The van der Waals surface area contributed by atoms with Crippen molar-refractivity contribution in [1.29, 1.82) is 0 Å². The molecule has 3 atom stereocenters. The number of methoxy groups -OCH3 is 1. The van der Waals surface area contributed by atoms with Crippen LogP contribution >= 0.6 is 22.6 Å². The predicted molar refractivity (Wildman–Crippen MR) is 140 cm³/mol. The van der Waals surface area contributed by atoms with Crippen molar-refractivity contribution in [2.24, 2.45) is 17.8 Å². The second kappa shape index (κ2) is 10.7. The second-order valence-corrected chi connectivity index (χ2v) is 9.89. The molecule has 0 spiro atoms. The standard InChI is InChI=1S/C28H35IO2/c1-6-18(3)22-16-21(15-20-11-9-8-10-12-20)17-23(19(4)7-2)26(22)27-25(31-5)14-13-24(30)28(27)29/h8-14,16,18-19,23,30H,6-7,15,17H2,1-5H3. The van der Waals surface area contributed by atoms with Crippen LogP contribution in [0.2, 0.25) is 0 Å². The van der Waals surface area contributed by atoms with Gasteiger partial charge in [-0.25, -0.2) is 0 Å². The van der Waals surface area contributed by atoms with Crippen LogP contribution in [-0.2, 0) is 6.42 Å². The van der Waals surface area contributed by atoms with Crippen LogP contribution < -0.4 is 4.74 Å². The molecule has 1 aliphatic rings. The lowest BCUT2D eigenvalue weighted by atomic mass is 9.70. The van der Waals surface area contributed by atoms with Crippen LogP contribution in [0.15, 0.2) is 59.7 Å². The molecule has 0 aliphatic heterocycles. The smallest absolute Gasteiger partial charge is 0.129 e. The van der Waals surface area contributed by atoms with E-state index in [1.54, 1.807) is 13.2 Å². The molecule has 0 radical (unpaired) electrons. The maximum absolute atomic E-state index is 10.6. The van der Waals surface area contributed by atoms with Gasteiger partial charge in [0.15, 0.2) is 0 Å². The molecule has 3 rings (SSSR count). The molecular weight excluding hydrogens is 495 g/mol. The zero-order valence-corrected chi connectivity index (χ0v) is 21.6. The summed E-state index contributed by atoms with van der Waals surface area (Å²) in [6.45, 7) is 9.24. The van der Waals surface area contributed by atoms with Gasteiger partial charge < -0.3 is 9.84 Å². The average molecular weight is 530 g/mol. The zero-order chi connectivity index (χ0) is 22.5. The predicted octanol–water partition coefficient (Wildman–Crippen LogP) is 8.04. The van der Waals surface area contributed by atoms with E-state index in [4.69, 9.17) is 4.74 Å². The Kier molecular flexibility index (Phi) is 8.26. The number of benzene rings is 2. The van der Waals surface area contributed by atoms with E-state index in [9.17, 15) is 5.11 Å². The molecule has 0 fully saturated rings. The van der Waals surface area contributed by atoms with E-state index in [-0.39, 0.29) is 0 Å². The fourth-order valence-corrected chi connectivity index (χ4v) is 5.37. The van der Waals surface area contributed by atoms with Crippen molar-refractivity contribution in [2.45, 2.75) is 53.4 Å². The van der Waals surface area contributed by atoms with Gasteiger partial charge >= 0.3 is 0 Å². The Morgan fingerprint density at radius 1 is 1.06 bits per heavy atom. The normalized spacial score (nSPS) is 18.5. The maximum atomic E-state index is 10.6. The summed E-state index contributed by atoms with van der Waals surface area (Å²) in [6, 6.07) is 14.4. The van der Waals surface area contributed by atoms with Crippen molar-refractivity contribution in [3.05, 3.63) is 74.4 Å². The number of allylic oxidation sites excluding steroid dienone is 4.